The van der Waals surface area contributed by atoms with Crippen molar-refractivity contribution in [3.8, 4) is 0 Å². The fourth-order valence-corrected chi connectivity index (χ4v) is 2.58. The van der Waals surface area contributed by atoms with Gasteiger partial charge in [-0.3, -0.25) is 0 Å². The molecular weight excluding hydrogens is 334 g/mol. The number of thioether (sulfide) groups is 1. The maximum atomic E-state index is 13.4. The number of ether oxygens (including phenoxy) is 1. The molecule has 0 fully saturated rings. The number of alkyl carbamates (subject to hydrolysis) is 1. The predicted octanol–water partition coefficient (Wildman–Crippen LogP) is 4.64. The molecule has 3 nitrogen and oxygen atoms in total. The van der Waals surface area contributed by atoms with Crippen molar-refractivity contribution < 1.29 is 27.1 Å². The number of hydrogen-bond donors (Lipinski definition) is 1. The molecule has 130 valence electrons. The van der Waals surface area contributed by atoms with Crippen LogP contribution >= 0.6 is 11.8 Å². The lowest BCUT2D eigenvalue weighted by molar-refractivity contribution is 0.0527. The van der Waals surface area contributed by atoms with E-state index in [1.165, 1.54) is 0 Å². The highest BCUT2D eigenvalue weighted by atomic mass is 32.2. The van der Waals surface area contributed by atoms with E-state index in [9.17, 15) is 22.4 Å². The number of hydrogen-bond acceptors (Lipinski definition) is 3. The Hall–Kier alpha value is -1.44. The smallest absolute Gasteiger partial charge is 0.407 e. The third kappa shape index (κ3) is 6.68. The minimum atomic E-state index is -1.42. The van der Waals surface area contributed by atoms with Gasteiger partial charge in [-0.2, -0.15) is 0 Å². The molecule has 0 heterocycles. The monoisotopic (exact) mass is 353 g/mol. The largest absolute Gasteiger partial charge is 0.444 e. The SMILES string of the molecule is CC(C)(C)OC(=O)NCCCCSc1c(F)c(F)cc(F)c1F. The summed E-state index contributed by atoms with van der Waals surface area (Å²) in [5.41, 5.74) is -0.587. The Morgan fingerprint density at radius 2 is 1.70 bits per heavy atom. The topological polar surface area (TPSA) is 38.3 Å². The molecule has 0 atom stereocenters. The summed E-state index contributed by atoms with van der Waals surface area (Å²) in [7, 11) is 0. The van der Waals surface area contributed by atoms with Crippen molar-refractivity contribution >= 4 is 17.9 Å². The molecule has 1 rings (SSSR count). The number of carbonyl (C=O) groups excluding carboxylic acids is 1. The number of carbonyl (C=O) groups is 1. The van der Waals surface area contributed by atoms with Crippen molar-refractivity contribution in [1.29, 1.82) is 0 Å². The average Bonchev–Trinajstić information content (AvgIpc) is 2.41. The van der Waals surface area contributed by atoms with Gasteiger partial charge in [0.05, 0.1) is 4.90 Å². The van der Waals surface area contributed by atoms with Crippen LogP contribution in [-0.2, 0) is 4.74 Å². The molecule has 1 N–H and O–H groups in total. The minimum absolute atomic E-state index is 0.180. The summed E-state index contributed by atoms with van der Waals surface area (Å²) in [4.78, 5) is 10.7. The van der Waals surface area contributed by atoms with Gasteiger partial charge in [0.15, 0.2) is 23.3 Å². The molecule has 0 radical (unpaired) electrons. The number of amides is 1. The van der Waals surface area contributed by atoms with Gasteiger partial charge in [0.25, 0.3) is 0 Å². The van der Waals surface area contributed by atoms with Gasteiger partial charge in [-0.05, 0) is 39.4 Å². The number of nitrogens with one attached hydrogen (secondary N) is 1. The molecule has 1 aromatic carbocycles. The van der Waals surface area contributed by atoms with Gasteiger partial charge in [0.2, 0.25) is 0 Å². The Balaban J connectivity index is 2.33. The summed E-state index contributed by atoms with van der Waals surface area (Å²) < 4.78 is 57.9. The zero-order valence-electron chi connectivity index (χ0n) is 13.1. The maximum absolute atomic E-state index is 13.4. The third-order valence-electron chi connectivity index (χ3n) is 2.56. The van der Waals surface area contributed by atoms with Crippen LogP contribution in [0.4, 0.5) is 22.4 Å². The zero-order valence-corrected chi connectivity index (χ0v) is 14.0. The van der Waals surface area contributed by atoms with Crippen LogP contribution in [-0.4, -0.2) is 24.0 Å². The maximum Gasteiger partial charge on any atom is 0.407 e. The molecule has 0 aliphatic rings. The summed E-state index contributed by atoms with van der Waals surface area (Å²) in [5, 5.41) is 2.54. The fraction of sp³-hybridized carbons (Fsp3) is 0.533. The van der Waals surface area contributed by atoms with Crippen molar-refractivity contribution in [2.24, 2.45) is 0 Å². The highest BCUT2D eigenvalue weighted by molar-refractivity contribution is 7.99. The first kappa shape index (κ1) is 19.6. The molecule has 1 aromatic rings. The molecule has 0 saturated heterocycles. The number of halogens is 4. The quantitative estimate of drug-likeness (QED) is 0.350. The molecule has 23 heavy (non-hydrogen) atoms. The lowest BCUT2D eigenvalue weighted by atomic mass is 10.2. The highest BCUT2D eigenvalue weighted by Gasteiger charge is 2.19. The van der Waals surface area contributed by atoms with Crippen LogP contribution in [0.25, 0.3) is 0 Å². The van der Waals surface area contributed by atoms with Crippen LogP contribution in [0.2, 0.25) is 0 Å². The van der Waals surface area contributed by atoms with Gasteiger partial charge in [0, 0.05) is 12.6 Å². The van der Waals surface area contributed by atoms with Crippen molar-refractivity contribution in [2.45, 2.75) is 44.1 Å². The highest BCUT2D eigenvalue weighted by Crippen LogP contribution is 2.29. The van der Waals surface area contributed by atoms with Crippen LogP contribution in [0.15, 0.2) is 11.0 Å². The Morgan fingerprint density at radius 1 is 1.13 bits per heavy atom. The molecule has 0 saturated carbocycles. The first-order valence-electron chi connectivity index (χ1n) is 7.04. The molecule has 0 aliphatic carbocycles. The average molecular weight is 353 g/mol. The molecule has 0 bridgehead atoms. The van der Waals surface area contributed by atoms with E-state index in [4.69, 9.17) is 4.74 Å². The first-order valence-corrected chi connectivity index (χ1v) is 8.03. The van der Waals surface area contributed by atoms with E-state index >= 15 is 0 Å². The summed E-state index contributed by atoms with van der Waals surface area (Å²) in [6.45, 7) is 5.55. The molecular formula is C15H19F4NO2S. The van der Waals surface area contributed by atoms with E-state index in [1.54, 1.807) is 20.8 Å². The number of benzene rings is 1. The van der Waals surface area contributed by atoms with Crippen LogP contribution in [0, 0.1) is 23.3 Å². The standard InChI is InChI=1S/C15H19F4NO2S/c1-15(2,3)22-14(21)20-6-4-5-7-23-13-11(18)9(16)8-10(17)12(13)19/h8H,4-7H2,1-3H3,(H,20,21). The normalized spacial score (nSPS) is 11.4. The lowest BCUT2D eigenvalue weighted by Gasteiger charge is -2.19. The van der Waals surface area contributed by atoms with Gasteiger partial charge < -0.3 is 10.1 Å². The van der Waals surface area contributed by atoms with Gasteiger partial charge in [0.1, 0.15) is 5.60 Å². The molecule has 1 amide bonds. The Bertz CT molecular complexity index is 535. The third-order valence-corrected chi connectivity index (χ3v) is 3.70. The minimum Gasteiger partial charge on any atom is -0.444 e. The zero-order chi connectivity index (χ0) is 17.6. The molecule has 8 heteroatoms. The van der Waals surface area contributed by atoms with Crippen LogP contribution in [0.5, 0.6) is 0 Å². The van der Waals surface area contributed by atoms with Crippen molar-refractivity contribution in [2.75, 3.05) is 12.3 Å². The Labute approximate surface area is 136 Å². The van der Waals surface area contributed by atoms with Gasteiger partial charge >= 0.3 is 6.09 Å². The van der Waals surface area contributed by atoms with Crippen molar-refractivity contribution in [3.63, 3.8) is 0 Å². The fourth-order valence-electron chi connectivity index (χ4n) is 1.58. The summed E-state index contributed by atoms with van der Waals surface area (Å²) in [5.74, 6) is -5.36. The van der Waals surface area contributed by atoms with Crippen molar-refractivity contribution in [3.05, 3.63) is 29.3 Å². The number of rotatable bonds is 6. The summed E-state index contributed by atoms with van der Waals surface area (Å²) in [6.07, 6.45) is 0.486. The van der Waals surface area contributed by atoms with E-state index in [2.05, 4.69) is 5.32 Å². The van der Waals surface area contributed by atoms with E-state index in [-0.39, 0.29) is 11.8 Å². The number of unbranched alkanes of at least 4 members (excludes halogenated alkanes) is 1. The molecule has 0 aliphatic heterocycles. The molecule has 0 unspecified atom stereocenters. The Morgan fingerprint density at radius 3 is 2.22 bits per heavy atom. The van der Waals surface area contributed by atoms with E-state index in [1.807, 2.05) is 0 Å². The summed E-state index contributed by atoms with van der Waals surface area (Å²) >= 11 is 0.697. The second kappa shape index (κ2) is 8.42. The van der Waals surface area contributed by atoms with Crippen LogP contribution in [0.1, 0.15) is 33.6 Å². The van der Waals surface area contributed by atoms with Gasteiger partial charge in [-0.1, -0.05) is 0 Å². The predicted molar refractivity (Wildman–Crippen MR) is 80.5 cm³/mol. The molecule has 0 spiro atoms. The second-order valence-electron chi connectivity index (χ2n) is 5.78. The molecule has 0 aromatic heterocycles. The first-order chi connectivity index (χ1) is 10.6. The van der Waals surface area contributed by atoms with E-state index < -0.39 is 39.9 Å². The second-order valence-corrected chi connectivity index (χ2v) is 6.89. The van der Waals surface area contributed by atoms with E-state index in [0.717, 1.165) is 0 Å². The van der Waals surface area contributed by atoms with Crippen LogP contribution < -0.4 is 5.32 Å². The van der Waals surface area contributed by atoms with E-state index in [0.29, 0.717) is 31.1 Å². The lowest BCUT2D eigenvalue weighted by Crippen LogP contribution is -2.33. The summed E-state index contributed by atoms with van der Waals surface area (Å²) in [6, 6.07) is 0.180. The van der Waals surface area contributed by atoms with Gasteiger partial charge in [-0.15, -0.1) is 11.8 Å². The van der Waals surface area contributed by atoms with Crippen molar-refractivity contribution in [1.82, 2.24) is 5.32 Å². The van der Waals surface area contributed by atoms with Crippen LogP contribution in [0.3, 0.4) is 0 Å². The Kier molecular flexibility index (Phi) is 7.18. The van der Waals surface area contributed by atoms with Gasteiger partial charge in [-0.25, -0.2) is 22.4 Å².